The first kappa shape index (κ1) is 19.7. The van der Waals surface area contributed by atoms with Gasteiger partial charge >= 0.3 is 0 Å². The minimum atomic E-state index is 0.122. The zero-order valence-electron chi connectivity index (χ0n) is 15.5. The van der Waals surface area contributed by atoms with Crippen molar-refractivity contribution < 1.29 is 9.84 Å². The van der Waals surface area contributed by atoms with E-state index in [2.05, 4.69) is 34.1 Å². The number of allylic oxidation sites excluding steroid dienone is 1. The number of aromatic nitrogens is 2. The van der Waals surface area contributed by atoms with Gasteiger partial charge in [0.1, 0.15) is 6.61 Å². The third-order valence-corrected chi connectivity index (χ3v) is 3.77. The molecule has 2 aromatic rings. The van der Waals surface area contributed by atoms with Crippen LogP contribution in [0.2, 0.25) is 0 Å². The number of anilines is 2. The molecule has 0 unspecified atom stereocenters. The Morgan fingerprint density at radius 3 is 2.69 bits per heavy atom. The van der Waals surface area contributed by atoms with Crippen LogP contribution in [0, 0.1) is 0 Å². The fourth-order valence-corrected chi connectivity index (χ4v) is 2.55. The Kier molecular flexibility index (Phi) is 7.89. The van der Waals surface area contributed by atoms with Gasteiger partial charge in [0, 0.05) is 18.3 Å². The normalized spacial score (nSPS) is 11.7. The average Bonchev–Trinajstić information content (AvgIpc) is 2.62. The summed E-state index contributed by atoms with van der Waals surface area (Å²) in [6, 6.07) is 10.1. The van der Waals surface area contributed by atoms with Crippen molar-refractivity contribution in [2.75, 3.05) is 17.2 Å². The lowest BCUT2D eigenvalue weighted by Gasteiger charge is -2.20. The van der Waals surface area contributed by atoms with E-state index in [0.717, 1.165) is 24.1 Å². The van der Waals surface area contributed by atoms with Crippen LogP contribution in [-0.2, 0) is 6.61 Å². The van der Waals surface area contributed by atoms with E-state index in [9.17, 15) is 5.11 Å². The lowest BCUT2D eigenvalue weighted by atomic mass is 10.1. The largest absolute Gasteiger partial charge is 0.483 e. The first-order valence-electron chi connectivity index (χ1n) is 8.96. The predicted octanol–water partition coefficient (Wildman–Crippen LogP) is 3.96. The Balaban J connectivity index is 2.19. The summed E-state index contributed by atoms with van der Waals surface area (Å²) in [6.07, 6.45) is 4.26. The fraction of sp³-hybridized carbons (Fsp3) is 0.400. The molecule has 0 aliphatic heterocycles. The topological polar surface area (TPSA) is 79.3 Å². The lowest BCUT2D eigenvalue weighted by Crippen LogP contribution is -2.22. The number of aliphatic hydroxyl groups is 1. The molecule has 0 aliphatic rings. The maximum atomic E-state index is 9.31. The summed E-state index contributed by atoms with van der Waals surface area (Å²) in [7, 11) is 0. The first-order valence-corrected chi connectivity index (χ1v) is 8.96. The molecule has 0 saturated heterocycles. The number of hydrogen-bond acceptors (Lipinski definition) is 6. The Labute approximate surface area is 155 Å². The van der Waals surface area contributed by atoms with E-state index in [4.69, 9.17) is 4.74 Å². The molecule has 1 aromatic heterocycles. The van der Waals surface area contributed by atoms with Crippen molar-refractivity contribution in [3.8, 4) is 5.75 Å². The summed E-state index contributed by atoms with van der Waals surface area (Å²) in [4.78, 5) is 8.82. The average molecular weight is 356 g/mol. The number of ether oxygens (including phenoxy) is 1. The van der Waals surface area contributed by atoms with E-state index in [-0.39, 0.29) is 12.6 Å². The zero-order chi connectivity index (χ0) is 18.8. The molecule has 26 heavy (non-hydrogen) atoms. The summed E-state index contributed by atoms with van der Waals surface area (Å²) in [5, 5.41) is 15.7. The first-order chi connectivity index (χ1) is 12.6. The fourth-order valence-electron chi connectivity index (χ4n) is 2.55. The molecule has 0 amide bonds. The quantitative estimate of drug-likeness (QED) is 0.565. The molecular weight excluding hydrogens is 328 g/mol. The molecule has 1 aromatic carbocycles. The van der Waals surface area contributed by atoms with Crippen molar-refractivity contribution in [1.29, 1.82) is 0 Å². The standard InChI is InChI=1S/C20H28N4O2/c1-4-8-17(11-12-25)23-19-18(13-21-20(24-19)22-15(2)3)26-14-16-9-6-5-7-10-16/h5-7,9-10,13,17,25H,2,4,8,11-12,14H2,1,3H3,(H2,21,22,23,24)/t17-/m0/s1. The molecule has 1 atom stereocenters. The van der Waals surface area contributed by atoms with Crippen LogP contribution >= 0.6 is 0 Å². The van der Waals surface area contributed by atoms with Gasteiger partial charge in [-0.1, -0.05) is 50.3 Å². The summed E-state index contributed by atoms with van der Waals surface area (Å²) >= 11 is 0. The monoisotopic (exact) mass is 356 g/mol. The molecular formula is C20H28N4O2. The second kappa shape index (κ2) is 10.4. The number of nitrogens with zero attached hydrogens (tertiary/aromatic N) is 2. The van der Waals surface area contributed by atoms with E-state index >= 15 is 0 Å². The van der Waals surface area contributed by atoms with Gasteiger partial charge in [-0.3, -0.25) is 0 Å². The third kappa shape index (κ3) is 6.37. The van der Waals surface area contributed by atoms with Gasteiger partial charge in [-0.2, -0.15) is 4.98 Å². The van der Waals surface area contributed by atoms with Gasteiger partial charge in [-0.25, -0.2) is 4.98 Å². The molecule has 0 spiro atoms. The zero-order valence-corrected chi connectivity index (χ0v) is 15.5. The Morgan fingerprint density at radius 2 is 2.04 bits per heavy atom. The van der Waals surface area contributed by atoms with E-state index in [1.165, 1.54) is 0 Å². The molecule has 0 fully saturated rings. The van der Waals surface area contributed by atoms with Gasteiger partial charge < -0.3 is 20.5 Å². The second-order valence-electron chi connectivity index (χ2n) is 6.23. The van der Waals surface area contributed by atoms with Crippen LogP contribution in [0.15, 0.2) is 48.8 Å². The van der Waals surface area contributed by atoms with Gasteiger partial charge in [-0.05, 0) is 25.3 Å². The lowest BCUT2D eigenvalue weighted by molar-refractivity contribution is 0.275. The highest BCUT2D eigenvalue weighted by Crippen LogP contribution is 2.26. The van der Waals surface area contributed by atoms with Gasteiger partial charge in [0.15, 0.2) is 11.6 Å². The smallest absolute Gasteiger partial charge is 0.229 e. The molecule has 6 heteroatoms. The van der Waals surface area contributed by atoms with Crippen LogP contribution in [0.3, 0.4) is 0 Å². The molecule has 2 rings (SSSR count). The van der Waals surface area contributed by atoms with E-state index < -0.39 is 0 Å². The number of aliphatic hydroxyl groups excluding tert-OH is 1. The minimum absolute atomic E-state index is 0.122. The van der Waals surface area contributed by atoms with Gasteiger partial charge in [0.25, 0.3) is 0 Å². The third-order valence-electron chi connectivity index (χ3n) is 3.77. The summed E-state index contributed by atoms with van der Waals surface area (Å²) in [6.45, 7) is 8.35. The van der Waals surface area contributed by atoms with Crippen molar-refractivity contribution >= 4 is 11.8 Å². The highest BCUT2D eigenvalue weighted by Gasteiger charge is 2.14. The molecule has 3 N–H and O–H groups in total. The van der Waals surface area contributed by atoms with Crippen LogP contribution in [0.25, 0.3) is 0 Å². The van der Waals surface area contributed by atoms with Crippen LogP contribution in [0.5, 0.6) is 5.75 Å². The number of nitrogens with one attached hydrogen (secondary N) is 2. The van der Waals surface area contributed by atoms with Crippen molar-refractivity contribution in [3.63, 3.8) is 0 Å². The predicted molar refractivity (Wildman–Crippen MR) is 105 cm³/mol. The van der Waals surface area contributed by atoms with Crippen molar-refractivity contribution in [2.24, 2.45) is 0 Å². The number of hydrogen-bond donors (Lipinski definition) is 3. The molecule has 0 aliphatic carbocycles. The maximum Gasteiger partial charge on any atom is 0.229 e. The Bertz CT molecular complexity index is 685. The van der Waals surface area contributed by atoms with Crippen LogP contribution in [0.4, 0.5) is 11.8 Å². The van der Waals surface area contributed by atoms with Gasteiger partial charge in [0.2, 0.25) is 5.95 Å². The number of benzene rings is 1. The molecule has 6 nitrogen and oxygen atoms in total. The van der Waals surface area contributed by atoms with Crippen LogP contribution in [0.1, 0.15) is 38.7 Å². The van der Waals surface area contributed by atoms with Gasteiger partial charge in [0.05, 0.1) is 6.20 Å². The molecule has 0 saturated carbocycles. The van der Waals surface area contributed by atoms with Crippen molar-refractivity contribution in [3.05, 3.63) is 54.4 Å². The highest BCUT2D eigenvalue weighted by atomic mass is 16.5. The minimum Gasteiger partial charge on any atom is -0.483 e. The van der Waals surface area contributed by atoms with E-state index in [1.807, 2.05) is 37.3 Å². The molecule has 0 bridgehead atoms. The summed E-state index contributed by atoms with van der Waals surface area (Å²) in [5.41, 5.74) is 1.83. The summed E-state index contributed by atoms with van der Waals surface area (Å²) < 4.78 is 5.94. The highest BCUT2D eigenvalue weighted by molar-refractivity contribution is 5.53. The molecule has 0 radical (unpaired) electrons. The van der Waals surface area contributed by atoms with Crippen LogP contribution in [-0.4, -0.2) is 27.7 Å². The Morgan fingerprint density at radius 1 is 1.27 bits per heavy atom. The number of rotatable bonds is 11. The maximum absolute atomic E-state index is 9.31. The van der Waals surface area contributed by atoms with Crippen molar-refractivity contribution in [1.82, 2.24) is 9.97 Å². The van der Waals surface area contributed by atoms with E-state index in [1.54, 1.807) is 6.20 Å². The van der Waals surface area contributed by atoms with Gasteiger partial charge in [-0.15, -0.1) is 0 Å². The summed E-state index contributed by atoms with van der Waals surface area (Å²) in [5.74, 6) is 1.66. The van der Waals surface area contributed by atoms with E-state index in [0.29, 0.717) is 30.5 Å². The molecule has 140 valence electrons. The molecule has 1 heterocycles. The second-order valence-corrected chi connectivity index (χ2v) is 6.23. The SMILES string of the molecule is C=C(C)Nc1ncc(OCc2ccccc2)c(N[C@@H](CCC)CCO)n1. The Hall–Kier alpha value is -2.60. The van der Waals surface area contributed by atoms with Crippen LogP contribution < -0.4 is 15.4 Å². The van der Waals surface area contributed by atoms with Crippen molar-refractivity contribution in [2.45, 2.75) is 45.8 Å².